The highest BCUT2D eigenvalue weighted by molar-refractivity contribution is 14.1. The van der Waals surface area contributed by atoms with Crippen molar-refractivity contribution in [3.05, 3.63) is 21.0 Å². The number of rotatable bonds is 3. The molecule has 0 aliphatic rings. The Balaban J connectivity index is 3.28. The Morgan fingerprint density at radius 3 is 2.71 bits per heavy atom. The number of pyridine rings is 1. The zero-order valence-electron chi connectivity index (χ0n) is 7.30. The fourth-order valence-electron chi connectivity index (χ4n) is 0.994. The molecule has 3 nitrogen and oxygen atoms in total. The van der Waals surface area contributed by atoms with Crippen molar-refractivity contribution in [3.8, 4) is 5.75 Å². The lowest BCUT2D eigenvalue weighted by Crippen LogP contribution is -2.02. The van der Waals surface area contributed by atoms with Crippen molar-refractivity contribution >= 4 is 22.6 Å². The van der Waals surface area contributed by atoms with E-state index in [-0.39, 0.29) is 17.9 Å². The Labute approximate surface area is 93.2 Å². The smallest absolute Gasteiger partial charge is 0.268 e. The van der Waals surface area contributed by atoms with Crippen molar-refractivity contribution in [2.75, 3.05) is 7.11 Å². The van der Waals surface area contributed by atoms with E-state index in [4.69, 9.17) is 9.84 Å². The van der Waals surface area contributed by atoms with Gasteiger partial charge in [-0.25, -0.2) is 8.78 Å². The Bertz CT molecular complexity index is 333. The minimum atomic E-state index is -2.63. The zero-order valence-corrected chi connectivity index (χ0v) is 9.46. The normalized spacial score (nSPS) is 10.7. The fraction of sp³-hybridized carbons (Fsp3) is 0.375. The van der Waals surface area contributed by atoms with Gasteiger partial charge < -0.3 is 9.84 Å². The summed E-state index contributed by atoms with van der Waals surface area (Å²) >= 11 is 1.82. The molecule has 0 aliphatic heterocycles. The van der Waals surface area contributed by atoms with Gasteiger partial charge in [-0.2, -0.15) is 0 Å². The molecule has 1 N–H and O–H groups in total. The topological polar surface area (TPSA) is 42.4 Å². The number of aromatic nitrogens is 1. The van der Waals surface area contributed by atoms with Crippen LogP contribution in [0.5, 0.6) is 5.75 Å². The van der Waals surface area contributed by atoms with Crippen LogP contribution in [0.25, 0.3) is 0 Å². The SMILES string of the molecule is COc1c(C(F)F)cnc(CO)c1I. The summed E-state index contributed by atoms with van der Waals surface area (Å²) in [5.74, 6) is 0.0830. The summed E-state index contributed by atoms with van der Waals surface area (Å²) in [5, 5.41) is 8.86. The van der Waals surface area contributed by atoms with Crippen LogP contribution in [-0.2, 0) is 6.61 Å². The van der Waals surface area contributed by atoms with Crippen LogP contribution in [0.15, 0.2) is 6.20 Å². The summed E-state index contributed by atoms with van der Waals surface area (Å²) in [6, 6.07) is 0. The second-order valence-corrected chi connectivity index (χ2v) is 3.55. The van der Waals surface area contributed by atoms with Crippen molar-refractivity contribution < 1.29 is 18.6 Å². The van der Waals surface area contributed by atoms with Crippen molar-refractivity contribution in [2.24, 2.45) is 0 Å². The molecule has 0 saturated heterocycles. The van der Waals surface area contributed by atoms with Gasteiger partial charge in [0.2, 0.25) is 0 Å². The Hall–Kier alpha value is -0.500. The molecule has 0 fully saturated rings. The molecule has 6 heteroatoms. The van der Waals surface area contributed by atoms with Crippen LogP contribution in [-0.4, -0.2) is 17.2 Å². The second-order valence-electron chi connectivity index (χ2n) is 2.47. The van der Waals surface area contributed by atoms with Crippen molar-refractivity contribution in [1.29, 1.82) is 0 Å². The number of halogens is 3. The number of aliphatic hydroxyl groups excluding tert-OH is 1. The van der Waals surface area contributed by atoms with Crippen LogP contribution in [0.4, 0.5) is 8.78 Å². The number of aliphatic hydroxyl groups is 1. The van der Waals surface area contributed by atoms with E-state index in [1.165, 1.54) is 7.11 Å². The summed E-state index contributed by atoms with van der Waals surface area (Å²) in [7, 11) is 1.31. The molecule has 0 spiro atoms. The van der Waals surface area contributed by atoms with Gasteiger partial charge in [0, 0.05) is 6.20 Å². The molecule has 0 atom stereocenters. The summed E-state index contributed by atoms with van der Waals surface area (Å²) in [4.78, 5) is 3.71. The van der Waals surface area contributed by atoms with E-state index in [0.29, 0.717) is 9.26 Å². The molecule has 1 aromatic rings. The van der Waals surface area contributed by atoms with Crippen LogP contribution in [0.2, 0.25) is 0 Å². The van der Waals surface area contributed by atoms with Crippen LogP contribution in [0.3, 0.4) is 0 Å². The number of ether oxygens (including phenoxy) is 1. The predicted molar refractivity (Wildman–Crippen MR) is 54.4 cm³/mol. The third kappa shape index (κ3) is 2.11. The van der Waals surface area contributed by atoms with Gasteiger partial charge in [0.25, 0.3) is 6.43 Å². The first-order chi connectivity index (χ1) is 6.61. The third-order valence-electron chi connectivity index (χ3n) is 1.66. The quantitative estimate of drug-likeness (QED) is 0.869. The van der Waals surface area contributed by atoms with E-state index >= 15 is 0 Å². The maximum Gasteiger partial charge on any atom is 0.268 e. The molecule has 1 rings (SSSR count). The maximum absolute atomic E-state index is 12.4. The number of nitrogens with zero attached hydrogens (tertiary/aromatic N) is 1. The van der Waals surface area contributed by atoms with E-state index in [0.717, 1.165) is 6.20 Å². The van der Waals surface area contributed by atoms with Crippen LogP contribution >= 0.6 is 22.6 Å². The highest BCUT2D eigenvalue weighted by Crippen LogP contribution is 2.33. The van der Waals surface area contributed by atoms with Gasteiger partial charge in [-0.1, -0.05) is 0 Å². The Kier molecular flexibility index (Phi) is 3.99. The molecular formula is C8H8F2INO2. The van der Waals surface area contributed by atoms with E-state index in [9.17, 15) is 8.78 Å². The van der Waals surface area contributed by atoms with Crippen LogP contribution in [0.1, 0.15) is 17.7 Å². The lowest BCUT2D eigenvalue weighted by atomic mass is 10.2. The van der Waals surface area contributed by atoms with E-state index in [1.807, 2.05) is 22.6 Å². The molecule has 0 amide bonds. The Morgan fingerprint density at radius 2 is 2.29 bits per heavy atom. The van der Waals surface area contributed by atoms with Gasteiger partial charge in [-0.15, -0.1) is 0 Å². The summed E-state index contributed by atoms with van der Waals surface area (Å²) in [6.07, 6.45) is -1.60. The van der Waals surface area contributed by atoms with Gasteiger partial charge in [0.15, 0.2) is 0 Å². The monoisotopic (exact) mass is 315 g/mol. The van der Waals surface area contributed by atoms with Gasteiger partial charge in [0.05, 0.1) is 28.5 Å². The zero-order chi connectivity index (χ0) is 10.7. The molecule has 0 bridgehead atoms. The minimum absolute atomic E-state index is 0.0830. The van der Waals surface area contributed by atoms with E-state index < -0.39 is 6.43 Å². The second kappa shape index (κ2) is 4.83. The molecule has 0 aliphatic carbocycles. The fourth-order valence-corrected chi connectivity index (χ4v) is 1.84. The standard InChI is InChI=1S/C8H8F2INO2/c1-14-7-4(8(9)10)2-12-5(3-13)6(7)11/h2,8,13H,3H2,1H3. The number of methoxy groups -OCH3 is 1. The van der Waals surface area contributed by atoms with E-state index in [2.05, 4.69) is 4.98 Å². The predicted octanol–water partition coefficient (Wildman–Crippen LogP) is 2.12. The van der Waals surface area contributed by atoms with Crippen molar-refractivity contribution in [3.63, 3.8) is 0 Å². The first kappa shape index (κ1) is 11.6. The van der Waals surface area contributed by atoms with Crippen LogP contribution in [0, 0.1) is 3.57 Å². The number of alkyl halides is 2. The van der Waals surface area contributed by atoms with Gasteiger partial charge in [-0.05, 0) is 22.6 Å². The molecule has 0 saturated carbocycles. The number of hydrogen-bond acceptors (Lipinski definition) is 3. The van der Waals surface area contributed by atoms with Crippen LogP contribution < -0.4 is 4.74 Å². The summed E-state index contributed by atoms with van der Waals surface area (Å²) in [5.41, 5.74) is 0.0842. The lowest BCUT2D eigenvalue weighted by Gasteiger charge is -2.11. The molecule has 1 heterocycles. The lowest BCUT2D eigenvalue weighted by molar-refractivity contribution is 0.146. The first-order valence-electron chi connectivity index (χ1n) is 3.72. The Morgan fingerprint density at radius 1 is 1.64 bits per heavy atom. The highest BCUT2D eigenvalue weighted by Gasteiger charge is 2.19. The van der Waals surface area contributed by atoms with Crippen molar-refractivity contribution in [1.82, 2.24) is 4.98 Å². The summed E-state index contributed by atoms with van der Waals surface area (Å²) < 4.78 is 30.2. The average molecular weight is 315 g/mol. The van der Waals surface area contributed by atoms with E-state index in [1.54, 1.807) is 0 Å². The first-order valence-corrected chi connectivity index (χ1v) is 4.80. The van der Waals surface area contributed by atoms with Gasteiger partial charge in [0.1, 0.15) is 5.75 Å². The number of hydrogen-bond donors (Lipinski definition) is 1. The van der Waals surface area contributed by atoms with Crippen molar-refractivity contribution in [2.45, 2.75) is 13.0 Å². The molecule has 1 aromatic heterocycles. The van der Waals surface area contributed by atoms with Gasteiger partial charge in [-0.3, -0.25) is 4.98 Å². The van der Waals surface area contributed by atoms with Gasteiger partial charge >= 0.3 is 0 Å². The minimum Gasteiger partial charge on any atom is -0.495 e. The molecule has 78 valence electrons. The average Bonchev–Trinajstić information content (AvgIpc) is 2.17. The molecule has 0 unspecified atom stereocenters. The third-order valence-corrected chi connectivity index (χ3v) is 2.78. The largest absolute Gasteiger partial charge is 0.495 e. The molecule has 0 radical (unpaired) electrons. The molecule has 14 heavy (non-hydrogen) atoms. The highest BCUT2D eigenvalue weighted by atomic mass is 127. The summed E-state index contributed by atoms with van der Waals surface area (Å²) in [6.45, 7) is -0.294. The molecule has 0 aromatic carbocycles. The maximum atomic E-state index is 12.4. The molecular weight excluding hydrogens is 307 g/mol.